The van der Waals surface area contributed by atoms with Crippen LogP contribution in [0.3, 0.4) is 0 Å². The highest BCUT2D eigenvalue weighted by molar-refractivity contribution is 9.09. The molecule has 3 heteroatoms. The first-order valence-electron chi connectivity index (χ1n) is 6.56. The molecule has 0 heterocycles. The van der Waals surface area contributed by atoms with Crippen molar-refractivity contribution in [3.63, 3.8) is 0 Å². The summed E-state index contributed by atoms with van der Waals surface area (Å²) in [6.07, 6.45) is 0.926. The third-order valence-corrected chi connectivity index (χ3v) is 4.26. The van der Waals surface area contributed by atoms with E-state index in [1.807, 2.05) is 12.1 Å². The molecule has 2 rings (SSSR count). The van der Waals surface area contributed by atoms with Gasteiger partial charge >= 0.3 is 0 Å². The third-order valence-electron chi connectivity index (χ3n) is 3.44. The molecule has 0 spiro atoms. The number of methoxy groups -OCH3 is 2. The van der Waals surface area contributed by atoms with Crippen LogP contribution in [-0.4, -0.2) is 14.2 Å². The van der Waals surface area contributed by atoms with Crippen molar-refractivity contribution >= 4 is 15.9 Å². The predicted octanol–water partition coefficient (Wildman–Crippen LogP) is 4.69. The lowest BCUT2D eigenvalue weighted by atomic mass is 10.00. The van der Waals surface area contributed by atoms with Gasteiger partial charge in [-0.2, -0.15) is 0 Å². The Hall–Kier alpha value is -1.48. The minimum absolute atomic E-state index is 0.212. The smallest absolute Gasteiger partial charge is 0.126 e. The van der Waals surface area contributed by atoms with Gasteiger partial charge < -0.3 is 9.47 Å². The van der Waals surface area contributed by atoms with Crippen molar-refractivity contribution in [2.75, 3.05) is 14.2 Å². The van der Waals surface area contributed by atoms with Crippen molar-refractivity contribution in [2.24, 2.45) is 0 Å². The maximum absolute atomic E-state index is 5.47. The van der Waals surface area contributed by atoms with Gasteiger partial charge in [0, 0.05) is 16.5 Å². The lowest BCUT2D eigenvalue weighted by molar-refractivity contribution is 0.391. The molecule has 0 fully saturated rings. The number of rotatable bonds is 5. The van der Waals surface area contributed by atoms with E-state index in [4.69, 9.17) is 9.47 Å². The van der Waals surface area contributed by atoms with Gasteiger partial charge in [-0.1, -0.05) is 46.3 Å². The molecule has 2 nitrogen and oxygen atoms in total. The first-order chi connectivity index (χ1) is 9.65. The first kappa shape index (κ1) is 14.9. The van der Waals surface area contributed by atoms with E-state index in [9.17, 15) is 0 Å². The Balaban J connectivity index is 2.25. The molecule has 0 radical (unpaired) electrons. The lowest BCUT2D eigenvalue weighted by Gasteiger charge is -2.16. The Morgan fingerprint density at radius 3 is 2.45 bits per heavy atom. The standard InChI is InChI=1S/C17H19BrO2/c1-12-6-4-5-7-13(12)10-16(18)15-9-8-14(19-2)11-17(15)20-3/h4-9,11,16H,10H2,1-3H3. The van der Waals surface area contributed by atoms with Crippen molar-refractivity contribution in [1.29, 1.82) is 0 Å². The SMILES string of the molecule is COc1ccc(C(Br)Cc2ccccc2C)c(OC)c1. The van der Waals surface area contributed by atoms with Gasteiger partial charge in [0.2, 0.25) is 0 Å². The fourth-order valence-corrected chi connectivity index (χ4v) is 2.95. The van der Waals surface area contributed by atoms with Crippen LogP contribution in [0.15, 0.2) is 42.5 Å². The normalized spacial score (nSPS) is 12.0. The number of halogens is 1. The van der Waals surface area contributed by atoms with Gasteiger partial charge in [0.1, 0.15) is 11.5 Å². The molecule has 0 saturated heterocycles. The molecule has 0 saturated carbocycles. The topological polar surface area (TPSA) is 18.5 Å². The van der Waals surface area contributed by atoms with Crippen LogP contribution in [0.2, 0.25) is 0 Å². The summed E-state index contributed by atoms with van der Waals surface area (Å²) < 4.78 is 10.7. The largest absolute Gasteiger partial charge is 0.497 e. The highest BCUT2D eigenvalue weighted by atomic mass is 79.9. The number of hydrogen-bond donors (Lipinski definition) is 0. The average molecular weight is 335 g/mol. The summed E-state index contributed by atoms with van der Waals surface area (Å²) in [6, 6.07) is 14.4. The zero-order valence-electron chi connectivity index (χ0n) is 12.0. The van der Waals surface area contributed by atoms with Crippen LogP contribution in [0.5, 0.6) is 11.5 Å². The van der Waals surface area contributed by atoms with Crippen LogP contribution in [0, 0.1) is 6.92 Å². The van der Waals surface area contributed by atoms with E-state index in [2.05, 4.69) is 53.2 Å². The van der Waals surface area contributed by atoms with Gasteiger partial charge in [-0.05, 0) is 30.5 Å². The number of alkyl halides is 1. The van der Waals surface area contributed by atoms with E-state index in [1.54, 1.807) is 14.2 Å². The second-order valence-corrected chi connectivity index (χ2v) is 5.81. The quantitative estimate of drug-likeness (QED) is 0.738. The van der Waals surface area contributed by atoms with Crippen molar-refractivity contribution < 1.29 is 9.47 Å². The number of benzene rings is 2. The maximum atomic E-state index is 5.47. The summed E-state index contributed by atoms with van der Waals surface area (Å²) in [5, 5.41) is 0. The molecule has 20 heavy (non-hydrogen) atoms. The predicted molar refractivity (Wildman–Crippen MR) is 86.1 cm³/mol. The minimum atomic E-state index is 0.212. The van der Waals surface area contributed by atoms with Gasteiger partial charge in [-0.25, -0.2) is 0 Å². The van der Waals surface area contributed by atoms with Crippen LogP contribution in [-0.2, 0) is 6.42 Å². The monoisotopic (exact) mass is 334 g/mol. The molecule has 0 aliphatic heterocycles. The summed E-state index contributed by atoms with van der Waals surface area (Å²) in [6.45, 7) is 2.14. The molecule has 0 aromatic heterocycles. The van der Waals surface area contributed by atoms with E-state index in [1.165, 1.54) is 11.1 Å². The van der Waals surface area contributed by atoms with Crippen LogP contribution in [0.25, 0.3) is 0 Å². The van der Waals surface area contributed by atoms with E-state index < -0.39 is 0 Å². The van der Waals surface area contributed by atoms with E-state index >= 15 is 0 Å². The van der Waals surface area contributed by atoms with Gasteiger partial charge in [0.05, 0.1) is 14.2 Å². The van der Waals surface area contributed by atoms with E-state index in [0.29, 0.717) is 0 Å². The molecule has 0 N–H and O–H groups in total. The third kappa shape index (κ3) is 3.34. The molecule has 106 valence electrons. The molecular weight excluding hydrogens is 316 g/mol. The van der Waals surface area contributed by atoms with Gasteiger partial charge in [0.15, 0.2) is 0 Å². The Labute approximate surface area is 128 Å². The molecule has 2 aromatic carbocycles. The zero-order chi connectivity index (χ0) is 14.5. The Bertz CT molecular complexity index is 581. The fourth-order valence-electron chi connectivity index (χ4n) is 2.22. The minimum Gasteiger partial charge on any atom is -0.497 e. The second-order valence-electron chi connectivity index (χ2n) is 4.71. The van der Waals surface area contributed by atoms with Gasteiger partial charge in [-0.15, -0.1) is 0 Å². The highest BCUT2D eigenvalue weighted by Crippen LogP contribution is 2.36. The summed E-state index contributed by atoms with van der Waals surface area (Å²) in [5.41, 5.74) is 3.79. The second kappa shape index (κ2) is 6.80. The molecule has 0 amide bonds. The first-order valence-corrected chi connectivity index (χ1v) is 7.47. The zero-order valence-corrected chi connectivity index (χ0v) is 13.6. The van der Waals surface area contributed by atoms with Gasteiger partial charge in [-0.3, -0.25) is 0 Å². The number of ether oxygens (including phenoxy) is 2. The maximum Gasteiger partial charge on any atom is 0.126 e. The summed E-state index contributed by atoms with van der Waals surface area (Å²) in [7, 11) is 3.35. The number of hydrogen-bond acceptors (Lipinski definition) is 2. The number of aryl methyl sites for hydroxylation is 1. The Kier molecular flexibility index (Phi) is 5.07. The molecule has 0 bridgehead atoms. The van der Waals surface area contributed by atoms with Crippen LogP contribution in [0.4, 0.5) is 0 Å². The molecule has 0 aliphatic carbocycles. The molecule has 1 unspecified atom stereocenters. The van der Waals surface area contributed by atoms with Crippen LogP contribution < -0.4 is 9.47 Å². The molecule has 1 atom stereocenters. The summed E-state index contributed by atoms with van der Waals surface area (Å²) in [5.74, 6) is 1.65. The van der Waals surface area contributed by atoms with Crippen molar-refractivity contribution in [2.45, 2.75) is 18.2 Å². The van der Waals surface area contributed by atoms with Crippen molar-refractivity contribution in [1.82, 2.24) is 0 Å². The average Bonchev–Trinajstić information content (AvgIpc) is 2.48. The fraction of sp³-hybridized carbons (Fsp3) is 0.294. The molecule has 0 aliphatic rings. The van der Waals surface area contributed by atoms with Crippen LogP contribution in [0.1, 0.15) is 21.5 Å². The Morgan fingerprint density at radius 1 is 1.05 bits per heavy atom. The highest BCUT2D eigenvalue weighted by Gasteiger charge is 2.15. The summed E-state index contributed by atoms with van der Waals surface area (Å²) >= 11 is 3.77. The van der Waals surface area contributed by atoms with Crippen molar-refractivity contribution in [3.05, 3.63) is 59.2 Å². The van der Waals surface area contributed by atoms with E-state index in [-0.39, 0.29) is 4.83 Å². The van der Waals surface area contributed by atoms with Gasteiger partial charge in [0.25, 0.3) is 0 Å². The molecule has 2 aromatic rings. The summed E-state index contributed by atoms with van der Waals surface area (Å²) in [4.78, 5) is 0.212. The van der Waals surface area contributed by atoms with Crippen molar-refractivity contribution in [3.8, 4) is 11.5 Å². The Morgan fingerprint density at radius 2 is 1.80 bits per heavy atom. The molecular formula is C17H19BrO2. The lowest BCUT2D eigenvalue weighted by Crippen LogP contribution is -2.00. The van der Waals surface area contributed by atoms with Crippen LogP contribution >= 0.6 is 15.9 Å². The van der Waals surface area contributed by atoms with E-state index in [0.717, 1.165) is 23.5 Å².